The molecule has 4 aromatic rings. The zero-order valence-corrected chi connectivity index (χ0v) is 19.4. The molecule has 0 aliphatic carbocycles. The number of azo groups is 1. The van der Waals surface area contributed by atoms with Crippen molar-refractivity contribution in [1.29, 1.82) is 0 Å². The Hall–Kier alpha value is -2.97. The van der Waals surface area contributed by atoms with Gasteiger partial charge in [0, 0.05) is 9.86 Å². The SMILES string of the molecule is O=C(COc1ccc(Br)cc1Br)N=Nc1c(O)n(Cc2ccccc2)c2ccccc12. The molecule has 0 spiro atoms. The molecule has 8 heteroatoms. The third kappa shape index (κ3) is 4.86. The number of carbonyl (C=O) groups excluding carboxylic acids is 1. The number of halogens is 2. The number of amides is 1. The van der Waals surface area contributed by atoms with Gasteiger partial charge >= 0.3 is 5.91 Å². The van der Waals surface area contributed by atoms with Gasteiger partial charge in [-0.3, -0.25) is 4.79 Å². The van der Waals surface area contributed by atoms with E-state index in [0.29, 0.717) is 22.2 Å². The van der Waals surface area contributed by atoms with Crippen LogP contribution in [-0.2, 0) is 11.3 Å². The van der Waals surface area contributed by atoms with E-state index in [1.807, 2.05) is 66.7 Å². The first-order valence-electron chi connectivity index (χ1n) is 9.39. The van der Waals surface area contributed by atoms with Crippen molar-refractivity contribution < 1.29 is 14.6 Å². The molecule has 0 unspecified atom stereocenters. The van der Waals surface area contributed by atoms with Crippen molar-refractivity contribution in [3.8, 4) is 11.6 Å². The summed E-state index contributed by atoms with van der Waals surface area (Å²) in [5.41, 5.74) is 2.09. The van der Waals surface area contributed by atoms with Crippen molar-refractivity contribution in [2.75, 3.05) is 6.61 Å². The smallest absolute Gasteiger partial charge is 0.302 e. The molecule has 1 amide bonds. The lowest BCUT2D eigenvalue weighted by molar-refractivity contribution is -0.120. The number of rotatable bonds is 6. The monoisotopic (exact) mass is 541 g/mol. The number of para-hydroxylation sites is 1. The minimum Gasteiger partial charge on any atom is -0.493 e. The Bertz CT molecular complexity index is 1270. The molecule has 1 aromatic heterocycles. The fourth-order valence-electron chi connectivity index (χ4n) is 3.16. The third-order valence-corrected chi connectivity index (χ3v) is 5.72. The summed E-state index contributed by atoms with van der Waals surface area (Å²) in [6.07, 6.45) is 0. The largest absolute Gasteiger partial charge is 0.493 e. The van der Waals surface area contributed by atoms with Gasteiger partial charge in [0.1, 0.15) is 5.75 Å². The Labute approximate surface area is 195 Å². The standard InChI is InChI=1S/C23H17Br2N3O3/c24-16-10-11-20(18(25)12-16)31-14-21(29)26-27-22-17-8-4-5-9-19(17)28(23(22)30)13-15-6-2-1-3-7-15/h1-12,30H,13-14H2. The van der Waals surface area contributed by atoms with Crippen LogP contribution in [0.3, 0.4) is 0 Å². The van der Waals surface area contributed by atoms with Crippen LogP contribution in [0.5, 0.6) is 11.6 Å². The van der Waals surface area contributed by atoms with Gasteiger partial charge in [-0.05, 0) is 45.8 Å². The summed E-state index contributed by atoms with van der Waals surface area (Å²) in [4.78, 5) is 12.2. The molecule has 1 N–H and O–H groups in total. The van der Waals surface area contributed by atoms with Gasteiger partial charge in [-0.1, -0.05) is 64.5 Å². The number of benzene rings is 3. The summed E-state index contributed by atoms with van der Waals surface area (Å²) in [6.45, 7) is 0.199. The predicted molar refractivity (Wildman–Crippen MR) is 126 cm³/mol. The molecule has 0 fully saturated rings. The summed E-state index contributed by atoms with van der Waals surface area (Å²) >= 11 is 6.75. The van der Waals surface area contributed by atoms with Crippen LogP contribution < -0.4 is 4.74 Å². The molecule has 0 aliphatic heterocycles. The lowest BCUT2D eigenvalue weighted by atomic mass is 10.2. The fraction of sp³-hybridized carbons (Fsp3) is 0.0870. The van der Waals surface area contributed by atoms with E-state index in [1.54, 1.807) is 10.6 Å². The van der Waals surface area contributed by atoms with E-state index in [9.17, 15) is 9.90 Å². The van der Waals surface area contributed by atoms with Crippen molar-refractivity contribution in [1.82, 2.24) is 4.57 Å². The molecule has 3 aromatic carbocycles. The highest BCUT2D eigenvalue weighted by Crippen LogP contribution is 2.39. The number of ether oxygens (including phenoxy) is 1. The lowest BCUT2D eigenvalue weighted by Crippen LogP contribution is -2.08. The Morgan fingerprint density at radius 1 is 1.00 bits per heavy atom. The number of hydrogen-bond donors (Lipinski definition) is 1. The van der Waals surface area contributed by atoms with Gasteiger partial charge in [-0.25, -0.2) is 0 Å². The zero-order chi connectivity index (χ0) is 21.8. The molecule has 6 nitrogen and oxygen atoms in total. The number of nitrogens with zero attached hydrogens (tertiary/aromatic N) is 3. The first-order chi connectivity index (χ1) is 15.0. The number of aromatic nitrogens is 1. The molecule has 156 valence electrons. The van der Waals surface area contributed by atoms with E-state index >= 15 is 0 Å². The van der Waals surface area contributed by atoms with Gasteiger partial charge in [0.05, 0.1) is 16.5 Å². The normalized spacial score (nSPS) is 11.3. The summed E-state index contributed by atoms with van der Waals surface area (Å²) in [7, 11) is 0. The second-order valence-corrected chi connectivity index (χ2v) is 8.49. The molecule has 0 saturated heterocycles. The van der Waals surface area contributed by atoms with E-state index in [-0.39, 0.29) is 18.2 Å². The molecule has 1 heterocycles. The maximum atomic E-state index is 12.2. The Morgan fingerprint density at radius 2 is 1.74 bits per heavy atom. The van der Waals surface area contributed by atoms with Gasteiger partial charge in [0.2, 0.25) is 5.88 Å². The topological polar surface area (TPSA) is 76.2 Å². The van der Waals surface area contributed by atoms with Crippen LogP contribution in [0.15, 0.2) is 92.0 Å². The quantitative estimate of drug-likeness (QED) is 0.278. The van der Waals surface area contributed by atoms with E-state index in [0.717, 1.165) is 15.6 Å². The number of carbonyl (C=O) groups is 1. The van der Waals surface area contributed by atoms with Gasteiger partial charge < -0.3 is 14.4 Å². The maximum absolute atomic E-state index is 12.2. The van der Waals surface area contributed by atoms with Gasteiger partial charge in [0.15, 0.2) is 12.3 Å². The average Bonchev–Trinajstić information content (AvgIpc) is 3.03. The Kier molecular flexibility index (Phi) is 6.48. The second kappa shape index (κ2) is 9.45. The van der Waals surface area contributed by atoms with E-state index < -0.39 is 5.91 Å². The van der Waals surface area contributed by atoms with Crippen molar-refractivity contribution in [2.45, 2.75) is 6.54 Å². The Morgan fingerprint density at radius 3 is 2.52 bits per heavy atom. The van der Waals surface area contributed by atoms with E-state index in [1.165, 1.54) is 0 Å². The van der Waals surface area contributed by atoms with Crippen molar-refractivity contribution in [3.63, 3.8) is 0 Å². The molecule has 0 radical (unpaired) electrons. The summed E-state index contributed by atoms with van der Waals surface area (Å²) in [5, 5.41) is 19.3. The van der Waals surface area contributed by atoms with Crippen molar-refractivity contribution >= 4 is 54.4 Å². The minimum absolute atomic E-state index is 0.0434. The van der Waals surface area contributed by atoms with Gasteiger partial charge in [-0.2, -0.15) is 0 Å². The van der Waals surface area contributed by atoms with Crippen molar-refractivity contribution in [2.24, 2.45) is 10.2 Å². The number of hydrogen-bond acceptors (Lipinski definition) is 4. The molecular formula is C23H17Br2N3O3. The van der Waals surface area contributed by atoms with Crippen LogP contribution in [0.2, 0.25) is 0 Å². The Balaban J connectivity index is 1.55. The number of fused-ring (bicyclic) bond motifs is 1. The van der Waals surface area contributed by atoms with Crippen LogP contribution >= 0.6 is 31.9 Å². The first-order valence-corrected chi connectivity index (χ1v) is 11.0. The van der Waals surface area contributed by atoms with Crippen molar-refractivity contribution in [3.05, 3.63) is 87.3 Å². The second-order valence-electron chi connectivity index (χ2n) is 6.72. The molecule has 31 heavy (non-hydrogen) atoms. The highest BCUT2D eigenvalue weighted by atomic mass is 79.9. The predicted octanol–water partition coefficient (Wildman–Crippen LogP) is 6.61. The first kappa shape index (κ1) is 21.3. The maximum Gasteiger partial charge on any atom is 0.302 e. The van der Waals surface area contributed by atoms with E-state index in [4.69, 9.17) is 4.74 Å². The summed E-state index contributed by atoms with van der Waals surface area (Å²) < 4.78 is 8.86. The van der Waals surface area contributed by atoms with Crippen LogP contribution in [0.1, 0.15) is 5.56 Å². The molecular weight excluding hydrogens is 526 g/mol. The lowest BCUT2D eigenvalue weighted by Gasteiger charge is -2.07. The van der Waals surface area contributed by atoms with Crippen LogP contribution in [-0.4, -0.2) is 22.2 Å². The summed E-state index contributed by atoms with van der Waals surface area (Å²) in [5.74, 6) is -0.0821. The van der Waals surface area contributed by atoms with Gasteiger partial charge in [0.25, 0.3) is 0 Å². The minimum atomic E-state index is -0.561. The number of aromatic hydroxyl groups is 1. The van der Waals surface area contributed by atoms with E-state index in [2.05, 4.69) is 42.1 Å². The average molecular weight is 543 g/mol. The van der Waals surface area contributed by atoms with Crippen LogP contribution in [0, 0.1) is 0 Å². The van der Waals surface area contributed by atoms with Gasteiger partial charge in [-0.15, -0.1) is 10.2 Å². The molecule has 0 saturated carbocycles. The fourth-order valence-corrected chi connectivity index (χ4v) is 4.32. The molecule has 0 bridgehead atoms. The highest BCUT2D eigenvalue weighted by Gasteiger charge is 2.17. The molecule has 0 atom stereocenters. The van der Waals surface area contributed by atoms with Crippen LogP contribution in [0.25, 0.3) is 10.9 Å². The third-order valence-electron chi connectivity index (χ3n) is 4.61. The van der Waals surface area contributed by atoms with Crippen LogP contribution in [0.4, 0.5) is 5.69 Å². The summed E-state index contributed by atoms with van der Waals surface area (Å²) in [6, 6.07) is 22.6. The molecule has 0 aliphatic rings. The highest BCUT2D eigenvalue weighted by molar-refractivity contribution is 9.11. The molecule has 4 rings (SSSR count). The zero-order valence-electron chi connectivity index (χ0n) is 16.2.